The van der Waals surface area contributed by atoms with E-state index in [0.717, 1.165) is 61.2 Å². The molecule has 8 bridgehead atoms. The Hall–Kier alpha value is -4.76. The van der Waals surface area contributed by atoms with Crippen molar-refractivity contribution in [2.24, 2.45) is 0 Å². The molecule has 6 N–H and O–H groups in total. The van der Waals surface area contributed by atoms with Crippen molar-refractivity contribution in [1.82, 2.24) is 20.3 Å². The highest BCUT2D eigenvalue weighted by Crippen LogP contribution is 2.50. The van der Waals surface area contributed by atoms with Gasteiger partial charge in [-0.25, -0.2) is 0 Å². The van der Waals surface area contributed by atoms with Crippen LogP contribution in [0.15, 0.2) is 24.6 Å². The summed E-state index contributed by atoms with van der Waals surface area (Å²) < 4.78 is 5.95. The van der Waals surface area contributed by atoms with Crippen LogP contribution in [0.25, 0.3) is 36.5 Å². The number of nitrogens with one attached hydrogen (secondary N) is 4. The third-order valence-corrected chi connectivity index (χ3v) is 9.32. The second-order valence-corrected chi connectivity index (χ2v) is 11.7. The number of aromatic amines is 3. The lowest BCUT2D eigenvalue weighted by Crippen LogP contribution is -2.49. The lowest BCUT2D eigenvalue weighted by molar-refractivity contribution is -0.158. The zero-order valence-corrected chi connectivity index (χ0v) is 24.8. The molecule has 0 aromatic carbocycles. The summed E-state index contributed by atoms with van der Waals surface area (Å²) in [4.78, 5) is 34.7. The summed E-state index contributed by atoms with van der Waals surface area (Å²) in [6.45, 7) is 15.8. The van der Waals surface area contributed by atoms with Crippen LogP contribution in [0.5, 0.6) is 0 Å². The molecule has 0 aliphatic carbocycles. The Morgan fingerprint density at radius 1 is 0.907 bits per heavy atom. The first-order chi connectivity index (χ1) is 20.4. The third kappa shape index (κ3) is 4.26. The topological polar surface area (TPSA) is 143 Å². The quantitative estimate of drug-likeness (QED) is 0.254. The predicted octanol–water partition coefficient (Wildman–Crippen LogP) is 3.68. The van der Waals surface area contributed by atoms with Gasteiger partial charge in [0.15, 0.2) is 5.60 Å². The minimum Gasteiger partial charge on any atom is -0.481 e. The highest BCUT2D eigenvalue weighted by atomic mass is 16.6. The van der Waals surface area contributed by atoms with E-state index in [-0.39, 0.29) is 19.3 Å². The Balaban J connectivity index is 1.71. The van der Waals surface area contributed by atoms with Crippen molar-refractivity contribution in [2.75, 3.05) is 0 Å². The van der Waals surface area contributed by atoms with Crippen molar-refractivity contribution in [3.8, 4) is 0 Å². The molecule has 3 aliphatic heterocycles. The maximum Gasteiger partial charge on any atom is 0.307 e. The van der Waals surface area contributed by atoms with Gasteiger partial charge in [0.2, 0.25) is 0 Å². The number of aromatic nitrogens is 3. The van der Waals surface area contributed by atoms with Gasteiger partial charge in [-0.1, -0.05) is 25.3 Å². The number of rotatable bonds is 5. The van der Waals surface area contributed by atoms with Crippen molar-refractivity contribution in [3.63, 3.8) is 0 Å². The largest absolute Gasteiger partial charge is 0.481 e. The molecule has 1 spiro atoms. The molecule has 2 saturated heterocycles. The van der Waals surface area contributed by atoms with E-state index >= 15 is 0 Å². The van der Waals surface area contributed by atoms with Crippen LogP contribution in [-0.4, -0.2) is 48.3 Å². The normalized spacial score (nSPS) is 26.3. The first-order valence-electron chi connectivity index (χ1n) is 14.4. The van der Waals surface area contributed by atoms with Gasteiger partial charge in [0.25, 0.3) is 0 Å². The molecule has 3 aliphatic rings. The van der Waals surface area contributed by atoms with Crippen LogP contribution in [0, 0.1) is 20.8 Å². The van der Waals surface area contributed by atoms with Crippen molar-refractivity contribution in [3.05, 3.63) is 91.4 Å². The van der Waals surface area contributed by atoms with E-state index in [1.807, 2.05) is 51.2 Å². The number of esters is 1. The Morgan fingerprint density at radius 3 is 2.21 bits per heavy atom. The Kier molecular flexibility index (Phi) is 6.54. The van der Waals surface area contributed by atoms with Gasteiger partial charge >= 0.3 is 11.9 Å². The molecule has 2 fully saturated rings. The molecule has 43 heavy (non-hydrogen) atoms. The molecular formula is C34H36N4O5. The fourth-order valence-electron chi connectivity index (χ4n) is 6.71. The van der Waals surface area contributed by atoms with Crippen molar-refractivity contribution < 1.29 is 24.5 Å². The van der Waals surface area contributed by atoms with Gasteiger partial charge in [-0.2, -0.15) is 0 Å². The van der Waals surface area contributed by atoms with Crippen LogP contribution in [0.3, 0.4) is 0 Å². The van der Waals surface area contributed by atoms with Gasteiger partial charge < -0.3 is 35.2 Å². The van der Waals surface area contributed by atoms with Gasteiger partial charge in [0.1, 0.15) is 5.60 Å². The molecule has 0 saturated carbocycles. The van der Waals surface area contributed by atoms with Crippen LogP contribution in [0.1, 0.15) is 82.3 Å². The zero-order valence-electron chi connectivity index (χ0n) is 24.8. The highest BCUT2D eigenvalue weighted by molar-refractivity contribution is 5.79. The summed E-state index contributed by atoms with van der Waals surface area (Å²) in [5.41, 5.74) is 6.78. The van der Waals surface area contributed by atoms with E-state index in [1.54, 1.807) is 13.0 Å². The van der Waals surface area contributed by atoms with Gasteiger partial charge in [-0.3, -0.25) is 9.59 Å². The predicted molar refractivity (Wildman–Crippen MR) is 167 cm³/mol. The summed E-state index contributed by atoms with van der Waals surface area (Å²) in [6.07, 6.45) is 12.0. The number of H-pyrrole nitrogens is 3. The molecule has 9 nitrogen and oxygen atoms in total. The number of aliphatic hydroxyl groups is 1. The molecule has 6 rings (SSSR count). The fourth-order valence-corrected chi connectivity index (χ4v) is 6.71. The van der Waals surface area contributed by atoms with Crippen LogP contribution < -0.4 is 16.0 Å². The Labute approximate surface area is 249 Å². The van der Waals surface area contributed by atoms with Crippen molar-refractivity contribution in [2.45, 2.75) is 64.6 Å². The van der Waals surface area contributed by atoms with Gasteiger partial charge in [0, 0.05) is 63.9 Å². The SMILES string of the molecule is C=Cc1c2[nH]c(c1C)/C=c1\[nH]/c(c(C)c1C=C)=C\c1[nH]c(c(CCC(=O)O)c1C)/C=C1\N/C(=C\2)C(C)(O)C12CCC(=O)O2. The Morgan fingerprint density at radius 2 is 1.56 bits per heavy atom. The molecular weight excluding hydrogens is 544 g/mol. The molecule has 3 aromatic rings. The van der Waals surface area contributed by atoms with Crippen LogP contribution >= 0.6 is 0 Å². The number of hydrogen-bond donors (Lipinski definition) is 6. The molecule has 6 heterocycles. The van der Waals surface area contributed by atoms with E-state index < -0.39 is 23.1 Å². The number of aliphatic carboxylic acids is 1. The van der Waals surface area contributed by atoms with E-state index in [2.05, 4.69) is 33.4 Å². The zero-order chi connectivity index (χ0) is 30.8. The lowest BCUT2D eigenvalue weighted by atomic mass is 9.80. The van der Waals surface area contributed by atoms with Crippen LogP contribution in [0.4, 0.5) is 0 Å². The van der Waals surface area contributed by atoms with E-state index in [9.17, 15) is 19.8 Å². The molecule has 2 atom stereocenters. The summed E-state index contributed by atoms with van der Waals surface area (Å²) in [7, 11) is 0. The maximum atomic E-state index is 12.6. The monoisotopic (exact) mass is 580 g/mol. The number of carbonyl (C=O) groups is 2. The average Bonchev–Trinajstić information content (AvgIpc) is 3.69. The summed E-state index contributed by atoms with van der Waals surface area (Å²) in [6, 6.07) is 0. The maximum absolute atomic E-state index is 12.6. The first-order valence-corrected chi connectivity index (χ1v) is 14.4. The van der Waals surface area contributed by atoms with Crippen LogP contribution in [-0.2, 0) is 20.7 Å². The van der Waals surface area contributed by atoms with E-state index in [1.165, 1.54) is 0 Å². The minimum absolute atomic E-state index is 0.0510. The number of hydrogen-bond acceptors (Lipinski definition) is 5. The lowest BCUT2D eigenvalue weighted by Gasteiger charge is -2.34. The number of carbonyl (C=O) groups excluding carboxylic acids is 1. The van der Waals surface area contributed by atoms with Crippen molar-refractivity contribution in [1.29, 1.82) is 0 Å². The van der Waals surface area contributed by atoms with Crippen molar-refractivity contribution >= 4 is 48.4 Å². The molecule has 0 radical (unpaired) electrons. The van der Waals surface area contributed by atoms with E-state index in [4.69, 9.17) is 4.74 Å². The molecule has 222 valence electrons. The molecule has 9 heteroatoms. The van der Waals surface area contributed by atoms with Crippen LogP contribution in [0.2, 0.25) is 0 Å². The van der Waals surface area contributed by atoms with E-state index in [0.29, 0.717) is 23.5 Å². The summed E-state index contributed by atoms with van der Waals surface area (Å²) in [5.74, 6) is -1.29. The molecule has 2 unspecified atom stereocenters. The number of carboxylic acids is 1. The Bertz CT molecular complexity index is 1930. The smallest absolute Gasteiger partial charge is 0.307 e. The first kappa shape index (κ1) is 28.4. The molecule has 0 amide bonds. The second-order valence-electron chi connectivity index (χ2n) is 11.7. The number of ether oxygens (including phenoxy) is 1. The van der Waals surface area contributed by atoms with Gasteiger partial charge in [0.05, 0.1) is 11.4 Å². The molecule has 3 aromatic heterocycles. The summed E-state index contributed by atoms with van der Waals surface area (Å²) in [5, 5.41) is 26.8. The summed E-state index contributed by atoms with van der Waals surface area (Å²) >= 11 is 0. The standard InChI is InChI=1S/C34H36N4O5/c1-7-20-17(3)23-13-24-19(5)22(9-10-31(39)40)28(37-24)16-30-34(12-11-32(41)43-34)33(6,42)29(38-30)15-27-21(8-2)18(4)25(36-27)14-26(20)35-23/h7-8,13-16,35-38,42H,1-2,9-12H2,3-6H3,(H,39,40)/b23-13-,26-14-,29-15-,30-16-. The third-order valence-electron chi connectivity index (χ3n) is 9.32. The number of fused-ring (bicyclic) bond motifs is 9. The average molecular weight is 581 g/mol. The fraction of sp³-hybridized carbons (Fsp3) is 0.294. The highest BCUT2D eigenvalue weighted by Gasteiger charge is 2.63. The second kappa shape index (κ2) is 9.91. The van der Waals surface area contributed by atoms with Gasteiger partial charge in [-0.05, 0) is 80.7 Å². The number of carboxylic acid groups (broad SMARTS) is 1. The van der Waals surface area contributed by atoms with Gasteiger partial charge in [-0.15, -0.1) is 0 Å². The minimum atomic E-state index is -1.58.